The standard InChI is InChI=1S/C11H13N3/c1-9-6-14(7-9)8-11-3-2-10(4-12)5-13-11/h2-3,5,9H,6-8H2,1H3. The summed E-state index contributed by atoms with van der Waals surface area (Å²) in [6.07, 6.45) is 1.64. The summed E-state index contributed by atoms with van der Waals surface area (Å²) in [5.74, 6) is 0.827. The van der Waals surface area contributed by atoms with E-state index in [1.165, 1.54) is 13.1 Å². The third kappa shape index (κ3) is 1.91. The molecule has 1 aromatic rings. The third-order valence-electron chi connectivity index (χ3n) is 2.48. The van der Waals surface area contributed by atoms with Crippen LogP contribution in [-0.4, -0.2) is 23.0 Å². The molecule has 0 amide bonds. The van der Waals surface area contributed by atoms with E-state index in [0.29, 0.717) is 5.56 Å². The third-order valence-corrected chi connectivity index (χ3v) is 2.48. The van der Waals surface area contributed by atoms with Crippen LogP contribution in [0.15, 0.2) is 18.3 Å². The van der Waals surface area contributed by atoms with Crippen molar-refractivity contribution in [3.63, 3.8) is 0 Å². The lowest BCUT2D eigenvalue weighted by atomic mass is 10.0. The molecule has 14 heavy (non-hydrogen) atoms. The Morgan fingerprint density at radius 2 is 2.36 bits per heavy atom. The quantitative estimate of drug-likeness (QED) is 0.702. The number of hydrogen-bond acceptors (Lipinski definition) is 3. The average Bonchev–Trinajstić information content (AvgIpc) is 2.17. The molecule has 3 heteroatoms. The Kier molecular flexibility index (Phi) is 2.47. The van der Waals surface area contributed by atoms with E-state index in [9.17, 15) is 0 Å². The van der Waals surface area contributed by atoms with Crippen molar-refractivity contribution in [1.82, 2.24) is 9.88 Å². The summed E-state index contributed by atoms with van der Waals surface area (Å²) in [6, 6.07) is 5.82. The second kappa shape index (κ2) is 3.77. The minimum atomic E-state index is 0.630. The highest BCUT2D eigenvalue weighted by Gasteiger charge is 2.22. The molecule has 0 aliphatic carbocycles. The Morgan fingerprint density at radius 1 is 1.57 bits per heavy atom. The topological polar surface area (TPSA) is 39.9 Å². The van der Waals surface area contributed by atoms with Crippen molar-refractivity contribution in [2.24, 2.45) is 5.92 Å². The molecule has 1 saturated heterocycles. The second-order valence-corrected chi connectivity index (χ2v) is 3.95. The van der Waals surface area contributed by atoms with Gasteiger partial charge in [0.15, 0.2) is 0 Å². The lowest BCUT2D eigenvalue weighted by Crippen LogP contribution is -2.44. The SMILES string of the molecule is CC1CN(Cc2ccc(C#N)cn2)C1. The first-order valence-electron chi connectivity index (χ1n) is 4.85. The summed E-state index contributed by atoms with van der Waals surface area (Å²) < 4.78 is 0. The summed E-state index contributed by atoms with van der Waals surface area (Å²) >= 11 is 0. The lowest BCUT2D eigenvalue weighted by Gasteiger charge is -2.36. The molecule has 2 rings (SSSR count). The van der Waals surface area contributed by atoms with E-state index in [1.807, 2.05) is 12.1 Å². The van der Waals surface area contributed by atoms with E-state index in [2.05, 4.69) is 22.9 Å². The minimum absolute atomic E-state index is 0.630. The van der Waals surface area contributed by atoms with Crippen molar-refractivity contribution in [2.45, 2.75) is 13.5 Å². The van der Waals surface area contributed by atoms with E-state index >= 15 is 0 Å². The highest BCUT2D eigenvalue weighted by Crippen LogP contribution is 2.16. The monoisotopic (exact) mass is 187 g/mol. The second-order valence-electron chi connectivity index (χ2n) is 3.95. The highest BCUT2D eigenvalue weighted by atomic mass is 15.2. The first-order valence-corrected chi connectivity index (χ1v) is 4.85. The molecule has 0 radical (unpaired) electrons. The molecule has 0 saturated carbocycles. The van der Waals surface area contributed by atoms with Gasteiger partial charge in [0.2, 0.25) is 0 Å². The van der Waals surface area contributed by atoms with Crippen LogP contribution in [0.4, 0.5) is 0 Å². The number of rotatable bonds is 2. The van der Waals surface area contributed by atoms with E-state index in [1.54, 1.807) is 6.20 Å². The smallest absolute Gasteiger partial charge is 0.101 e. The van der Waals surface area contributed by atoms with Crippen molar-refractivity contribution < 1.29 is 0 Å². The summed E-state index contributed by atoms with van der Waals surface area (Å²) in [5.41, 5.74) is 1.68. The van der Waals surface area contributed by atoms with Crippen molar-refractivity contribution in [3.8, 4) is 6.07 Å². The Labute approximate surface area is 84.0 Å². The zero-order valence-electron chi connectivity index (χ0n) is 8.27. The van der Waals surface area contributed by atoms with Crippen molar-refractivity contribution in [2.75, 3.05) is 13.1 Å². The largest absolute Gasteiger partial charge is 0.297 e. The molecule has 2 heterocycles. The van der Waals surface area contributed by atoms with Gasteiger partial charge in [0, 0.05) is 25.8 Å². The molecule has 0 bridgehead atoms. The van der Waals surface area contributed by atoms with Gasteiger partial charge in [-0.25, -0.2) is 0 Å². The zero-order valence-corrected chi connectivity index (χ0v) is 8.27. The molecule has 72 valence electrons. The van der Waals surface area contributed by atoms with E-state index < -0.39 is 0 Å². The molecule has 1 aliphatic rings. The Balaban J connectivity index is 1.94. The van der Waals surface area contributed by atoms with Gasteiger partial charge in [-0.2, -0.15) is 5.26 Å². The molecule has 1 aliphatic heterocycles. The van der Waals surface area contributed by atoms with Crippen LogP contribution in [0.25, 0.3) is 0 Å². The normalized spacial score (nSPS) is 17.4. The molecule has 0 aromatic carbocycles. The minimum Gasteiger partial charge on any atom is -0.297 e. The zero-order chi connectivity index (χ0) is 9.97. The molecule has 0 N–H and O–H groups in total. The van der Waals surface area contributed by atoms with Crippen LogP contribution >= 0.6 is 0 Å². The summed E-state index contributed by atoms with van der Waals surface area (Å²) in [6.45, 7) is 5.50. The predicted octanol–water partition coefficient (Wildman–Crippen LogP) is 1.40. The molecule has 0 atom stereocenters. The Hall–Kier alpha value is -1.40. The number of nitriles is 1. The van der Waals surface area contributed by atoms with Crippen LogP contribution in [0.3, 0.4) is 0 Å². The van der Waals surface area contributed by atoms with E-state index in [0.717, 1.165) is 18.2 Å². The van der Waals surface area contributed by atoms with Gasteiger partial charge in [-0.05, 0) is 18.1 Å². The van der Waals surface area contributed by atoms with Crippen LogP contribution in [-0.2, 0) is 6.54 Å². The van der Waals surface area contributed by atoms with Gasteiger partial charge in [0.05, 0.1) is 11.3 Å². The van der Waals surface area contributed by atoms with Gasteiger partial charge in [-0.15, -0.1) is 0 Å². The molecule has 1 fully saturated rings. The maximum atomic E-state index is 8.60. The molecular weight excluding hydrogens is 174 g/mol. The maximum Gasteiger partial charge on any atom is 0.101 e. The Morgan fingerprint density at radius 3 is 2.86 bits per heavy atom. The summed E-state index contributed by atoms with van der Waals surface area (Å²) in [5, 5.41) is 8.60. The lowest BCUT2D eigenvalue weighted by molar-refractivity contribution is 0.103. The number of aromatic nitrogens is 1. The first-order chi connectivity index (χ1) is 6.78. The fourth-order valence-electron chi connectivity index (χ4n) is 1.77. The van der Waals surface area contributed by atoms with Crippen LogP contribution < -0.4 is 0 Å². The number of hydrogen-bond donors (Lipinski definition) is 0. The van der Waals surface area contributed by atoms with Crippen LogP contribution in [0, 0.1) is 17.2 Å². The fourth-order valence-corrected chi connectivity index (χ4v) is 1.77. The molecule has 1 aromatic heterocycles. The number of pyridine rings is 1. The maximum absolute atomic E-state index is 8.60. The van der Waals surface area contributed by atoms with Crippen molar-refractivity contribution in [1.29, 1.82) is 5.26 Å². The summed E-state index contributed by atoms with van der Waals surface area (Å²) in [4.78, 5) is 6.59. The van der Waals surface area contributed by atoms with Crippen LogP contribution in [0.5, 0.6) is 0 Å². The van der Waals surface area contributed by atoms with Gasteiger partial charge >= 0.3 is 0 Å². The molecule has 0 unspecified atom stereocenters. The molecular formula is C11H13N3. The molecule has 3 nitrogen and oxygen atoms in total. The van der Waals surface area contributed by atoms with Gasteiger partial charge in [-0.3, -0.25) is 9.88 Å². The molecule has 0 spiro atoms. The van der Waals surface area contributed by atoms with Gasteiger partial charge in [-0.1, -0.05) is 6.92 Å². The first kappa shape index (κ1) is 9.17. The van der Waals surface area contributed by atoms with Crippen LogP contribution in [0.1, 0.15) is 18.2 Å². The fraction of sp³-hybridized carbons (Fsp3) is 0.455. The van der Waals surface area contributed by atoms with Crippen LogP contribution in [0.2, 0.25) is 0 Å². The van der Waals surface area contributed by atoms with Crippen molar-refractivity contribution >= 4 is 0 Å². The van der Waals surface area contributed by atoms with E-state index in [-0.39, 0.29) is 0 Å². The van der Waals surface area contributed by atoms with Gasteiger partial charge in [0.1, 0.15) is 6.07 Å². The average molecular weight is 187 g/mol. The Bertz CT molecular complexity index is 344. The van der Waals surface area contributed by atoms with Gasteiger partial charge < -0.3 is 0 Å². The predicted molar refractivity (Wildman–Crippen MR) is 53.4 cm³/mol. The number of likely N-dealkylation sites (tertiary alicyclic amines) is 1. The summed E-state index contributed by atoms with van der Waals surface area (Å²) in [7, 11) is 0. The number of nitrogens with zero attached hydrogens (tertiary/aromatic N) is 3. The van der Waals surface area contributed by atoms with Crippen molar-refractivity contribution in [3.05, 3.63) is 29.6 Å². The van der Waals surface area contributed by atoms with E-state index in [4.69, 9.17) is 5.26 Å². The van der Waals surface area contributed by atoms with Gasteiger partial charge in [0.25, 0.3) is 0 Å². The highest BCUT2D eigenvalue weighted by molar-refractivity contribution is 5.26.